The molecule has 1 heterocycles. The molecule has 102 valence electrons. The Balaban J connectivity index is 2.10. The molecule has 0 aliphatic carbocycles. The quantitative estimate of drug-likeness (QED) is 0.915. The van der Waals surface area contributed by atoms with E-state index >= 15 is 0 Å². The summed E-state index contributed by atoms with van der Waals surface area (Å²) < 4.78 is 7.67. The van der Waals surface area contributed by atoms with Gasteiger partial charge >= 0.3 is 0 Å². The Bertz CT molecular complexity index is 551. The van der Waals surface area contributed by atoms with Gasteiger partial charge in [-0.3, -0.25) is 4.68 Å². The van der Waals surface area contributed by atoms with Crippen molar-refractivity contribution in [2.75, 3.05) is 0 Å². The summed E-state index contributed by atoms with van der Waals surface area (Å²) in [4.78, 5) is 0. The lowest BCUT2D eigenvalue weighted by atomic mass is 10.1. The Labute approximate surface area is 118 Å². The van der Waals surface area contributed by atoms with Crippen LogP contribution < -0.4 is 10.5 Å². The van der Waals surface area contributed by atoms with Gasteiger partial charge in [-0.2, -0.15) is 5.10 Å². The summed E-state index contributed by atoms with van der Waals surface area (Å²) in [5, 5.41) is 4.87. The van der Waals surface area contributed by atoms with Gasteiger partial charge in [0.15, 0.2) is 0 Å². The lowest BCUT2D eigenvalue weighted by molar-refractivity contribution is 0.301. The van der Waals surface area contributed by atoms with Crippen LogP contribution in [0.2, 0.25) is 5.02 Å². The number of hydrogen-bond acceptors (Lipinski definition) is 3. The van der Waals surface area contributed by atoms with Gasteiger partial charge in [0.1, 0.15) is 12.4 Å². The molecular formula is C14H18ClN3O. The summed E-state index contributed by atoms with van der Waals surface area (Å²) in [6, 6.07) is 5.38. The Morgan fingerprint density at radius 1 is 1.47 bits per heavy atom. The van der Waals surface area contributed by atoms with E-state index in [1.807, 2.05) is 43.1 Å². The first-order valence-electron chi connectivity index (χ1n) is 6.29. The van der Waals surface area contributed by atoms with E-state index in [9.17, 15) is 0 Å². The van der Waals surface area contributed by atoms with Gasteiger partial charge in [0, 0.05) is 34.9 Å². The highest BCUT2D eigenvalue weighted by Crippen LogP contribution is 2.27. The highest BCUT2D eigenvalue weighted by molar-refractivity contribution is 6.30. The number of nitrogens with zero attached hydrogens (tertiary/aromatic N) is 2. The van der Waals surface area contributed by atoms with E-state index in [0.29, 0.717) is 11.6 Å². The van der Waals surface area contributed by atoms with Gasteiger partial charge in [-0.15, -0.1) is 0 Å². The largest absolute Gasteiger partial charge is 0.488 e. The van der Waals surface area contributed by atoms with Crippen LogP contribution in [0.4, 0.5) is 0 Å². The van der Waals surface area contributed by atoms with Crippen LogP contribution in [-0.2, 0) is 13.2 Å². The van der Waals surface area contributed by atoms with Crippen LogP contribution in [0, 0.1) is 0 Å². The average Bonchev–Trinajstić information content (AvgIpc) is 2.85. The van der Waals surface area contributed by atoms with Crippen LogP contribution in [0.1, 0.15) is 31.0 Å². The molecule has 5 heteroatoms. The SMILES string of the molecule is CCn1cc(COc2ccc(Cl)cc2[C@H](C)N)cn1. The molecular weight excluding hydrogens is 262 g/mol. The summed E-state index contributed by atoms with van der Waals surface area (Å²) in [7, 11) is 0. The van der Waals surface area contributed by atoms with Crippen molar-refractivity contribution >= 4 is 11.6 Å². The molecule has 0 radical (unpaired) electrons. The van der Waals surface area contributed by atoms with E-state index in [4.69, 9.17) is 22.1 Å². The van der Waals surface area contributed by atoms with Gasteiger partial charge in [0.25, 0.3) is 0 Å². The first-order valence-corrected chi connectivity index (χ1v) is 6.67. The van der Waals surface area contributed by atoms with Crippen LogP contribution in [0.15, 0.2) is 30.6 Å². The Morgan fingerprint density at radius 2 is 2.26 bits per heavy atom. The molecule has 0 spiro atoms. The summed E-state index contributed by atoms with van der Waals surface area (Å²) in [6.45, 7) is 5.28. The van der Waals surface area contributed by atoms with E-state index in [1.54, 1.807) is 6.07 Å². The number of aromatic nitrogens is 2. The normalized spacial score (nSPS) is 12.4. The molecule has 2 aromatic rings. The molecule has 0 saturated heterocycles. The summed E-state index contributed by atoms with van der Waals surface area (Å²) in [5.41, 5.74) is 7.87. The zero-order valence-corrected chi connectivity index (χ0v) is 11.9. The van der Waals surface area contributed by atoms with Crippen molar-refractivity contribution in [3.05, 3.63) is 46.7 Å². The zero-order valence-electron chi connectivity index (χ0n) is 11.1. The van der Waals surface area contributed by atoms with Gasteiger partial charge in [-0.25, -0.2) is 0 Å². The number of rotatable bonds is 5. The number of ether oxygens (including phenoxy) is 1. The van der Waals surface area contributed by atoms with Crippen LogP contribution >= 0.6 is 11.6 Å². The fourth-order valence-electron chi connectivity index (χ4n) is 1.82. The number of halogens is 1. The highest BCUT2D eigenvalue weighted by Gasteiger charge is 2.09. The van der Waals surface area contributed by atoms with Crippen LogP contribution in [-0.4, -0.2) is 9.78 Å². The first kappa shape index (κ1) is 13.9. The molecule has 0 amide bonds. The lowest BCUT2D eigenvalue weighted by Crippen LogP contribution is -2.08. The smallest absolute Gasteiger partial charge is 0.124 e. The minimum absolute atomic E-state index is 0.118. The molecule has 19 heavy (non-hydrogen) atoms. The minimum Gasteiger partial charge on any atom is -0.488 e. The molecule has 0 aliphatic heterocycles. The number of benzene rings is 1. The topological polar surface area (TPSA) is 53.1 Å². The third-order valence-electron chi connectivity index (χ3n) is 2.87. The maximum Gasteiger partial charge on any atom is 0.124 e. The zero-order chi connectivity index (χ0) is 13.8. The van der Waals surface area contributed by atoms with Crippen molar-refractivity contribution in [2.24, 2.45) is 5.73 Å². The van der Waals surface area contributed by atoms with Crippen molar-refractivity contribution in [1.82, 2.24) is 9.78 Å². The van der Waals surface area contributed by atoms with Crippen molar-refractivity contribution in [3.8, 4) is 5.75 Å². The van der Waals surface area contributed by atoms with Crippen molar-refractivity contribution in [1.29, 1.82) is 0 Å². The summed E-state index contributed by atoms with van der Waals surface area (Å²) in [6.07, 6.45) is 3.78. The molecule has 0 aliphatic rings. The molecule has 0 unspecified atom stereocenters. The fraction of sp³-hybridized carbons (Fsp3) is 0.357. The van der Waals surface area contributed by atoms with Crippen LogP contribution in [0.25, 0.3) is 0 Å². The molecule has 1 atom stereocenters. The van der Waals surface area contributed by atoms with Gasteiger partial charge in [0.05, 0.1) is 6.20 Å². The minimum atomic E-state index is -0.118. The number of hydrogen-bond donors (Lipinski definition) is 1. The van der Waals surface area contributed by atoms with E-state index in [0.717, 1.165) is 23.4 Å². The van der Waals surface area contributed by atoms with Crippen molar-refractivity contribution < 1.29 is 4.74 Å². The molecule has 1 aromatic heterocycles. The summed E-state index contributed by atoms with van der Waals surface area (Å²) in [5.74, 6) is 0.767. The second-order valence-electron chi connectivity index (χ2n) is 4.46. The Kier molecular flexibility index (Phi) is 4.45. The lowest BCUT2D eigenvalue weighted by Gasteiger charge is -2.13. The Hall–Kier alpha value is -1.52. The predicted octanol–water partition coefficient (Wildman–Crippen LogP) is 3.16. The van der Waals surface area contributed by atoms with Gasteiger partial charge in [-0.05, 0) is 32.0 Å². The van der Waals surface area contributed by atoms with Gasteiger partial charge < -0.3 is 10.5 Å². The van der Waals surface area contributed by atoms with Gasteiger partial charge in [-0.1, -0.05) is 11.6 Å². The second-order valence-corrected chi connectivity index (χ2v) is 4.90. The average molecular weight is 280 g/mol. The molecule has 0 fully saturated rings. The van der Waals surface area contributed by atoms with Gasteiger partial charge in [0.2, 0.25) is 0 Å². The van der Waals surface area contributed by atoms with Crippen LogP contribution in [0.5, 0.6) is 5.75 Å². The maximum atomic E-state index is 5.98. The molecule has 2 N–H and O–H groups in total. The molecule has 4 nitrogen and oxygen atoms in total. The Morgan fingerprint density at radius 3 is 2.89 bits per heavy atom. The van der Waals surface area contributed by atoms with E-state index < -0.39 is 0 Å². The standard InChI is InChI=1S/C14H18ClN3O/c1-3-18-8-11(7-17-18)9-19-14-5-4-12(15)6-13(14)10(2)16/h4-8,10H,3,9,16H2,1-2H3/t10-/m0/s1. The van der Waals surface area contributed by atoms with Crippen molar-refractivity contribution in [3.63, 3.8) is 0 Å². The second kappa shape index (κ2) is 6.08. The molecule has 1 aromatic carbocycles. The number of nitrogens with two attached hydrogens (primary N) is 1. The third-order valence-corrected chi connectivity index (χ3v) is 3.10. The van der Waals surface area contributed by atoms with E-state index in [-0.39, 0.29) is 6.04 Å². The third kappa shape index (κ3) is 3.49. The first-order chi connectivity index (χ1) is 9.10. The molecule has 0 saturated carbocycles. The number of aryl methyl sites for hydroxylation is 1. The highest BCUT2D eigenvalue weighted by atomic mass is 35.5. The maximum absolute atomic E-state index is 5.98. The molecule has 2 rings (SSSR count). The summed E-state index contributed by atoms with van der Waals surface area (Å²) >= 11 is 5.98. The van der Waals surface area contributed by atoms with Crippen LogP contribution in [0.3, 0.4) is 0 Å². The van der Waals surface area contributed by atoms with Crippen molar-refractivity contribution in [2.45, 2.75) is 33.0 Å². The monoisotopic (exact) mass is 279 g/mol. The molecule has 0 bridgehead atoms. The predicted molar refractivity (Wildman–Crippen MR) is 76.3 cm³/mol. The van der Waals surface area contributed by atoms with E-state index in [1.165, 1.54) is 0 Å². The van der Waals surface area contributed by atoms with E-state index in [2.05, 4.69) is 5.10 Å². The fourth-order valence-corrected chi connectivity index (χ4v) is 2.00.